The molecule has 1 atom stereocenters. The van der Waals surface area contributed by atoms with Crippen molar-refractivity contribution in [3.05, 3.63) is 0 Å². The van der Waals surface area contributed by atoms with Crippen LogP contribution < -0.4 is 0 Å². The number of hydrogen-bond acceptors (Lipinski definition) is 4. The maximum Gasteiger partial charge on any atom is 0.310 e. The van der Waals surface area contributed by atoms with E-state index in [0.29, 0.717) is 0 Å². The molecule has 1 aliphatic heterocycles. The summed E-state index contributed by atoms with van der Waals surface area (Å²) in [7, 11) is 0. The molecule has 0 aromatic rings. The third-order valence-corrected chi connectivity index (χ3v) is 4.93. The van der Waals surface area contributed by atoms with E-state index < -0.39 is 0 Å². The van der Waals surface area contributed by atoms with Crippen molar-refractivity contribution in [3.63, 3.8) is 0 Å². The zero-order valence-electron chi connectivity index (χ0n) is 8.82. The number of hydrogen-bond donors (Lipinski definition) is 0. The number of ether oxygens (including phenoxy) is 1. The number of esters is 1. The summed E-state index contributed by atoms with van der Waals surface area (Å²) in [5.74, 6) is 3.34. The summed E-state index contributed by atoms with van der Waals surface area (Å²) in [5, 5.41) is 0. The Morgan fingerprint density at radius 2 is 2.14 bits per heavy atom. The lowest BCUT2D eigenvalue weighted by Gasteiger charge is -2.23. The van der Waals surface area contributed by atoms with Gasteiger partial charge < -0.3 is 4.74 Å². The lowest BCUT2D eigenvalue weighted by molar-refractivity contribution is -0.149. The van der Waals surface area contributed by atoms with Crippen LogP contribution in [0.2, 0.25) is 0 Å². The van der Waals surface area contributed by atoms with Crippen LogP contribution in [-0.4, -0.2) is 28.7 Å². The van der Waals surface area contributed by atoms with Crippen molar-refractivity contribution >= 4 is 29.5 Å². The summed E-state index contributed by atoms with van der Waals surface area (Å²) in [5.41, 5.74) is 0.0989. The van der Waals surface area contributed by atoms with E-state index in [1.165, 1.54) is 5.75 Å². The molecule has 2 nitrogen and oxygen atoms in total. The van der Waals surface area contributed by atoms with Gasteiger partial charge in [-0.05, 0) is 12.8 Å². The van der Waals surface area contributed by atoms with Crippen molar-refractivity contribution in [3.8, 4) is 0 Å². The van der Waals surface area contributed by atoms with Crippen molar-refractivity contribution in [2.45, 2.75) is 32.1 Å². The van der Waals surface area contributed by atoms with Gasteiger partial charge in [-0.25, -0.2) is 0 Å². The van der Waals surface area contributed by atoms with Gasteiger partial charge in [0.1, 0.15) is 0 Å². The number of carbonyl (C=O) groups excluding carboxylic acids is 1. The fourth-order valence-corrected chi connectivity index (χ4v) is 3.76. The van der Waals surface area contributed by atoms with Crippen molar-refractivity contribution in [2.24, 2.45) is 5.92 Å². The first-order chi connectivity index (χ1) is 6.77. The molecule has 1 aliphatic rings. The molecular weight excluding hydrogens is 216 g/mol. The highest BCUT2D eigenvalue weighted by Gasteiger charge is 2.22. The molecule has 1 saturated heterocycles. The van der Waals surface area contributed by atoms with Crippen molar-refractivity contribution in [2.75, 3.05) is 17.3 Å². The third-order valence-electron chi connectivity index (χ3n) is 2.35. The lowest BCUT2D eigenvalue weighted by atomic mass is 10.0. The zero-order valence-corrected chi connectivity index (χ0v) is 10.5. The quantitative estimate of drug-likeness (QED) is 0.699. The van der Waals surface area contributed by atoms with Crippen LogP contribution in [-0.2, 0) is 9.53 Å². The van der Waals surface area contributed by atoms with Crippen LogP contribution in [0.3, 0.4) is 0 Å². The van der Waals surface area contributed by atoms with E-state index in [-0.39, 0.29) is 17.3 Å². The Balaban J connectivity index is 2.30. The molecule has 0 spiro atoms. The number of rotatable bonds is 4. The summed E-state index contributed by atoms with van der Waals surface area (Å²) in [6, 6.07) is 0. The second-order valence-corrected chi connectivity index (χ2v) is 5.74. The van der Waals surface area contributed by atoms with Gasteiger partial charge in [0.2, 0.25) is 0 Å². The standard InChI is InChI=1S/C10H18O2S2/c1-3-8(4-2)10(11)12-9-7-13-5-6-14-9/h8-9H,3-7H2,1-2H3. The maximum absolute atomic E-state index is 11.6. The summed E-state index contributed by atoms with van der Waals surface area (Å²) in [4.78, 5) is 11.6. The summed E-state index contributed by atoms with van der Waals surface area (Å²) >= 11 is 3.64. The summed E-state index contributed by atoms with van der Waals surface area (Å²) < 4.78 is 5.44. The topological polar surface area (TPSA) is 26.3 Å². The van der Waals surface area contributed by atoms with Crippen molar-refractivity contribution < 1.29 is 9.53 Å². The highest BCUT2D eigenvalue weighted by atomic mass is 32.2. The molecule has 0 aliphatic carbocycles. The normalized spacial score (nSPS) is 22.4. The monoisotopic (exact) mass is 234 g/mol. The first-order valence-corrected chi connectivity index (χ1v) is 7.38. The van der Waals surface area contributed by atoms with Crippen LogP contribution in [0.15, 0.2) is 0 Å². The van der Waals surface area contributed by atoms with E-state index >= 15 is 0 Å². The predicted octanol–water partition coefficient (Wildman–Crippen LogP) is 2.77. The Hall–Kier alpha value is 0.170. The maximum atomic E-state index is 11.6. The lowest BCUT2D eigenvalue weighted by Crippen LogP contribution is -2.25. The Labute approximate surface area is 94.5 Å². The molecule has 0 N–H and O–H groups in total. The van der Waals surface area contributed by atoms with Crippen LogP contribution in [0, 0.1) is 5.92 Å². The second kappa shape index (κ2) is 6.62. The Morgan fingerprint density at radius 3 is 2.64 bits per heavy atom. The molecule has 0 saturated carbocycles. The Bertz CT molecular complexity index is 175. The molecule has 0 aromatic carbocycles. The predicted molar refractivity (Wildman–Crippen MR) is 63.7 cm³/mol. The van der Waals surface area contributed by atoms with Gasteiger partial charge in [-0.2, -0.15) is 11.8 Å². The van der Waals surface area contributed by atoms with Crippen LogP contribution in [0.25, 0.3) is 0 Å². The summed E-state index contributed by atoms with van der Waals surface area (Å²) in [6.45, 7) is 4.08. The van der Waals surface area contributed by atoms with E-state index in [4.69, 9.17) is 4.74 Å². The minimum atomic E-state index is -0.00463. The van der Waals surface area contributed by atoms with Gasteiger partial charge in [0.15, 0.2) is 5.44 Å². The average molecular weight is 234 g/mol. The number of thioether (sulfide) groups is 2. The van der Waals surface area contributed by atoms with Gasteiger partial charge in [-0.15, -0.1) is 11.8 Å². The molecule has 0 amide bonds. The van der Waals surface area contributed by atoms with E-state index in [1.54, 1.807) is 11.8 Å². The zero-order chi connectivity index (χ0) is 10.4. The second-order valence-electron chi connectivity index (χ2n) is 3.33. The molecule has 0 radical (unpaired) electrons. The SMILES string of the molecule is CCC(CC)C(=O)OC1CSCCS1. The van der Waals surface area contributed by atoms with Gasteiger partial charge in [0.05, 0.1) is 5.92 Å². The number of carbonyl (C=O) groups is 1. The van der Waals surface area contributed by atoms with Gasteiger partial charge >= 0.3 is 5.97 Å². The Kier molecular flexibility index (Phi) is 5.78. The van der Waals surface area contributed by atoms with Crippen LogP contribution in [0.4, 0.5) is 0 Å². The van der Waals surface area contributed by atoms with Crippen molar-refractivity contribution in [1.29, 1.82) is 0 Å². The molecule has 1 rings (SSSR count). The molecule has 14 heavy (non-hydrogen) atoms. The molecule has 0 bridgehead atoms. The van der Waals surface area contributed by atoms with E-state index in [1.807, 2.05) is 25.6 Å². The first-order valence-electron chi connectivity index (χ1n) is 5.17. The summed E-state index contributed by atoms with van der Waals surface area (Å²) in [6.07, 6.45) is 1.78. The van der Waals surface area contributed by atoms with Crippen LogP contribution >= 0.6 is 23.5 Å². The fourth-order valence-electron chi connectivity index (χ4n) is 1.38. The first kappa shape index (κ1) is 12.2. The fraction of sp³-hybridized carbons (Fsp3) is 0.900. The molecule has 1 fully saturated rings. The van der Waals surface area contributed by atoms with Gasteiger partial charge in [0.25, 0.3) is 0 Å². The van der Waals surface area contributed by atoms with Crippen LogP contribution in [0.5, 0.6) is 0 Å². The molecule has 0 aromatic heterocycles. The third kappa shape index (κ3) is 3.73. The van der Waals surface area contributed by atoms with Crippen LogP contribution in [0.1, 0.15) is 26.7 Å². The highest BCUT2D eigenvalue weighted by Crippen LogP contribution is 2.26. The highest BCUT2D eigenvalue weighted by molar-refractivity contribution is 8.06. The van der Waals surface area contributed by atoms with Gasteiger partial charge in [-0.3, -0.25) is 4.79 Å². The van der Waals surface area contributed by atoms with E-state index in [9.17, 15) is 4.79 Å². The molecular formula is C10H18O2S2. The molecule has 4 heteroatoms. The van der Waals surface area contributed by atoms with E-state index in [0.717, 1.165) is 24.3 Å². The van der Waals surface area contributed by atoms with E-state index in [2.05, 4.69) is 0 Å². The average Bonchev–Trinajstić information content (AvgIpc) is 2.21. The molecule has 1 heterocycles. The van der Waals surface area contributed by atoms with Crippen molar-refractivity contribution in [1.82, 2.24) is 0 Å². The van der Waals surface area contributed by atoms with Gasteiger partial charge in [-0.1, -0.05) is 13.8 Å². The minimum Gasteiger partial charge on any atom is -0.450 e. The molecule has 82 valence electrons. The largest absolute Gasteiger partial charge is 0.450 e. The smallest absolute Gasteiger partial charge is 0.310 e. The Morgan fingerprint density at radius 1 is 1.43 bits per heavy atom. The minimum absolute atomic E-state index is 0.00463. The molecule has 1 unspecified atom stereocenters. The van der Waals surface area contributed by atoms with Gasteiger partial charge in [0, 0.05) is 17.3 Å².